The first-order valence-corrected chi connectivity index (χ1v) is 7.22. The number of aromatic nitrogens is 4. The molecule has 0 aromatic carbocycles. The van der Waals surface area contributed by atoms with Gasteiger partial charge >= 0.3 is 0 Å². The van der Waals surface area contributed by atoms with E-state index in [0.29, 0.717) is 6.54 Å². The molecule has 0 atom stereocenters. The Labute approximate surface area is 125 Å². The van der Waals surface area contributed by atoms with E-state index in [1.807, 2.05) is 28.9 Å². The summed E-state index contributed by atoms with van der Waals surface area (Å²) in [5.74, 6) is 0.791. The van der Waals surface area contributed by atoms with Gasteiger partial charge in [-0.05, 0) is 34.0 Å². The predicted molar refractivity (Wildman–Crippen MR) is 81.6 cm³/mol. The van der Waals surface area contributed by atoms with Gasteiger partial charge < -0.3 is 5.32 Å². The third-order valence-electron chi connectivity index (χ3n) is 3.04. The number of aryl methyl sites for hydroxylation is 1. The minimum absolute atomic E-state index is 0.675. The second-order valence-corrected chi connectivity index (χ2v) is 5.24. The van der Waals surface area contributed by atoms with Crippen LogP contribution in [0.15, 0.2) is 41.5 Å². The van der Waals surface area contributed by atoms with Crippen molar-refractivity contribution in [3.8, 4) is 0 Å². The normalized spacial score (nSPS) is 10.9. The molecule has 3 aromatic heterocycles. The van der Waals surface area contributed by atoms with Crippen LogP contribution in [0.3, 0.4) is 0 Å². The number of nitrogens with zero attached hydrogens (tertiary/aromatic N) is 4. The molecular weight excluding hydrogens is 318 g/mol. The summed E-state index contributed by atoms with van der Waals surface area (Å²) in [5, 5.41) is 3.34. The smallest absolute Gasteiger partial charge is 0.181 e. The third kappa shape index (κ3) is 2.51. The van der Waals surface area contributed by atoms with E-state index in [4.69, 9.17) is 0 Å². The molecule has 0 unspecified atom stereocenters. The van der Waals surface area contributed by atoms with Crippen LogP contribution < -0.4 is 5.32 Å². The summed E-state index contributed by atoms with van der Waals surface area (Å²) in [5.41, 5.74) is 2.95. The lowest BCUT2D eigenvalue weighted by atomic mass is 10.3. The summed E-state index contributed by atoms with van der Waals surface area (Å²) < 4.78 is 2.92. The third-order valence-corrected chi connectivity index (χ3v) is 3.63. The molecule has 102 valence electrons. The number of hydrogen-bond donors (Lipinski definition) is 1. The molecule has 0 saturated heterocycles. The Bertz CT molecular complexity index is 723. The van der Waals surface area contributed by atoms with Crippen molar-refractivity contribution in [2.24, 2.45) is 0 Å². The summed E-state index contributed by atoms with van der Waals surface area (Å²) in [4.78, 5) is 13.1. The summed E-state index contributed by atoms with van der Waals surface area (Å²) in [6.07, 6.45) is 8.27. The quantitative estimate of drug-likeness (QED) is 0.798. The van der Waals surface area contributed by atoms with Crippen molar-refractivity contribution >= 4 is 27.4 Å². The molecule has 3 aromatic rings. The van der Waals surface area contributed by atoms with Crippen LogP contribution in [0.25, 0.3) is 5.65 Å². The number of rotatable bonds is 4. The van der Waals surface area contributed by atoms with E-state index in [0.717, 1.165) is 33.7 Å². The number of imidazole rings is 1. The first-order chi connectivity index (χ1) is 9.78. The number of fused-ring (bicyclic) bond motifs is 1. The van der Waals surface area contributed by atoms with E-state index in [1.54, 1.807) is 12.4 Å². The number of anilines is 1. The van der Waals surface area contributed by atoms with Crippen LogP contribution >= 0.6 is 15.9 Å². The van der Waals surface area contributed by atoms with Crippen LogP contribution in [0.4, 0.5) is 5.82 Å². The molecular formula is C14H14BrN5. The molecule has 3 rings (SSSR count). The Morgan fingerprint density at radius 2 is 2.25 bits per heavy atom. The van der Waals surface area contributed by atoms with Gasteiger partial charge in [-0.25, -0.2) is 9.97 Å². The van der Waals surface area contributed by atoms with E-state index in [2.05, 4.69) is 43.1 Å². The van der Waals surface area contributed by atoms with Crippen molar-refractivity contribution < 1.29 is 0 Å². The van der Waals surface area contributed by atoms with Gasteiger partial charge in [0.1, 0.15) is 4.60 Å². The van der Waals surface area contributed by atoms with Crippen LogP contribution in [0.2, 0.25) is 0 Å². The largest absolute Gasteiger partial charge is 0.363 e. The second-order valence-electron chi connectivity index (χ2n) is 4.42. The molecule has 0 saturated carbocycles. The highest BCUT2D eigenvalue weighted by Gasteiger charge is 2.09. The van der Waals surface area contributed by atoms with Crippen molar-refractivity contribution in [2.45, 2.75) is 19.9 Å². The van der Waals surface area contributed by atoms with E-state index in [-0.39, 0.29) is 0 Å². The average Bonchev–Trinajstić information content (AvgIpc) is 2.87. The maximum Gasteiger partial charge on any atom is 0.181 e. The zero-order valence-electron chi connectivity index (χ0n) is 11.0. The fourth-order valence-electron chi connectivity index (χ4n) is 1.99. The van der Waals surface area contributed by atoms with Gasteiger partial charge in [-0.2, -0.15) is 0 Å². The Balaban J connectivity index is 1.94. The lowest BCUT2D eigenvalue weighted by Crippen LogP contribution is -2.06. The monoisotopic (exact) mass is 331 g/mol. The van der Waals surface area contributed by atoms with Gasteiger partial charge in [-0.15, -0.1) is 0 Å². The minimum Gasteiger partial charge on any atom is -0.363 e. The fraction of sp³-hybridized carbons (Fsp3) is 0.214. The van der Waals surface area contributed by atoms with Gasteiger partial charge in [0.25, 0.3) is 0 Å². The van der Waals surface area contributed by atoms with Gasteiger partial charge in [-0.3, -0.25) is 9.38 Å². The maximum absolute atomic E-state index is 4.61. The zero-order valence-corrected chi connectivity index (χ0v) is 12.6. The highest BCUT2D eigenvalue weighted by molar-refractivity contribution is 9.10. The van der Waals surface area contributed by atoms with E-state index in [1.165, 1.54) is 0 Å². The van der Waals surface area contributed by atoms with Gasteiger partial charge in [0, 0.05) is 25.1 Å². The minimum atomic E-state index is 0.675. The Morgan fingerprint density at radius 3 is 3.00 bits per heavy atom. The first kappa shape index (κ1) is 13.1. The molecule has 6 heteroatoms. The van der Waals surface area contributed by atoms with Crippen LogP contribution in [0.5, 0.6) is 0 Å². The van der Waals surface area contributed by atoms with Gasteiger partial charge in [-0.1, -0.05) is 13.0 Å². The van der Waals surface area contributed by atoms with E-state index < -0.39 is 0 Å². The molecule has 20 heavy (non-hydrogen) atoms. The lowest BCUT2D eigenvalue weighted by molar-refractivity contribution is 0.962. The molecule has 1 N–H and O–H groups in total. The van der Waals surface area contributed by atoms with Crippen LogP contribution in [0.1, 0.15) is 18.2 Å². The summed E-state index contributed by atoms with van der Waals surface area (Å²) in [6.45, 7) is 2.76. The zero-order chi connectivity index (χ0) is 13.9. The molecule has 0 aliphatic carbocycles. The van der Waals surface area contributed by atoms with Crippen molar-refractivity contribution in [1.29, 1.82) is 0 Å². The predicted octanol–water partition coefficient (Wildman–Crippen LogP) is 3.06. The molecule has 5 nitrogen and oxygen atoms in total. The topological polar surface area (TPSA) is 55.1 Å². The Kier molecular flexibility index (Phi) is 3.64. The number of halogens is 1. The Hall–Kier alpha value is -1.95. The molecule has 0 bridgehead atoms. The highest BCUT2D eigenvalue weighted by Crippen LogP contribution is 2.20. The van der Waals surface area contributed by atoms with E-state index in [9.17, 15) is 0 Å². The maximum atomic E-state index is 4.61. The lowest BCUT2D eigenvalue weighted by Gasteiger charge is -2.09. The molecule has 0 spiro atoms. The first-order valence-electron chi connectivity index (χ1n) is 6.43. The Morgan fingerprint density at radius 1 is 1.35 bits per heavy atom. The van der Waals surface area contributed by atoms with Crippen molar-refractivity contribution in [1.82, 2.24) is 19.4 Å². The molecule has 0 amide bonds. The number of hydrogen-bond acceptors (Lipinski definition) is 4. The van der Waals surface area contributed by atoms with Gasteiger partial charge in [0.15, 0.2) is 11.5 Å². The van der Waals surface area contributed by atoms with Gasteiger partial charge in [0.2, 0.25) is 0 Å². The molecule has 0 fully saturated rings. The molecule has 3 heterocycles. The molecule has 0 aliphatic rings. The highest BCUT2D eigenvalue weighted by atomic mass is 79.9. The van der Waals surface area contributed by atoms with Crippen LogP contribution in [-0.4, -0.2) is 19.4 Å². The standard InChI is InChI=1S/C14H14BrN5/c1-2-11-9-20-12(15)8-18-14(20)13(19-11)17-7-10-4-3-5-16-6-10/h3-6,8-9H,2,7H2,1H3,(H,17,19). The molecule has 0 radical (unpaired) electrons. The summed E-state index contributed by atoms with van der Waals surface area (Å²) >= 11 is 3.50. The van der Waals surface area contributed by atoms with Crippen LogP contribution in [0, 0.1) is 0 Å². The molecule has 0 aliphatic heterocycles. The number of pyridine rings is 1. The summed E-state index contributed by atoms with van der Waals surface area (Å²) in [7, 11) is 0. The van der Waals surface area contributed by atoms with Crippen molar-refractivity contribution in [3.05, 3.63) is 52.8 Å². The van der Waals surface area contributed by atoms with E-state index >= 15 is 0 Å². The van der Waals surface area contributed by atoms with Crippen LogP contribution in [-0.2, 0) is 13.0 Å². The second kappa shape index (κ2) is 5.58. The number of nitrogens with one attached hydrogen (secondary N) is 1. The fourth-order valence-corrected chi connectivity index (χ4v) is 2.36. The summed E-state index contributed by atoms with van der Waals surface area (Å²) in [6, 6.07) is 3.96. The van der Waals surface area contributed by atoms with Gasteiger partial charge in [0.05, 0.1) is 11.9 Å². The van der Waals surface area contributed by atoms with Crippen molar-refractivity contribution in [2.75, 3.05) is 5.32 Å². The SMILES string of the molecule is CCc1cn2c(Br)cnc2c(NCc2cccnc2)n1. The average molecular weight is 332 g/mol. The van der Waals surface area contributed by atoms with Crippen molar-refractivity contribution in [3.63, 3.8) is 0 Å².